The first-order valence-corrected chi connectivity index (χ1v) is 20.2. The van der Waals surface area contributed by atoms with E-state index in [1.807, 2.05) is 74.1 Å². The molecule has 3 heterocycles. The predicted molar refractivity (Wildman–Crippen MR) is 192 cm³/mol. The lowest BCUT2D eigenvalue weighted by Gasteiger charge is -2.36. The number of benzene rings is 1. The van der Waals surface area contributed by atoms with E-state index in [2.05, 4.69) is 74.2 Å². The van der Waals surface area contributed by atoms with Gasteiger partial charge in [-0.1, -0.05) is 46.2 Å². The number of fused-ring (bicyclic) bond motifs is 1. The number of methoxy groups -OCH3 is 1. The monoisotopic (exact) mass is 747 g/mol. The summed E-state index contributed by atoms with van der Waals surface area (Å²) in [6.45, 7) is 19.7. The van der Waals surface area contributed by atoms with Crippen LogP contribution in [-0.4, -0.2) is 44.5 Å². The van der Waals surface area contributed by atoms with Gasteiger partial charge < -0.3 is 13.7 Å². The first-order valence-electron chi connectivity index (χ1n) is 15.0. The Labute approximate surface area is 280 Å². The molecular weight excluding hydrogens is 701 g/mol. The summed E-state index contributed by atoms with van der Waals surface area (Å²) in [6.07, 6.45) is 3.50. The number of aromatic nitrogens is 4. The molecule has 0 spiro atoms. The van der Waals surface area contributed by atoms with Crippen LogP contribution in [0.3, 0.4) is 0 Å². The first kappa shape index (κ1) is 34.8. The molecule has 0 bridgehead atoms. The molecular formula is C33H46IN5O3SSi. The minimum absolute atomic E-state index is 0.119. The van der Waals surface area contributed by atoms with Gasteiger partial charge in [0, 0.05) is 16.9 Å². The number of pyridine rings is 2. The van der Waals surface area contributed by atoms with E-state index in [1.54, 1.807) is 7.11 Å². The van der Waals surface area contributed by atoms with Gasteiger partial charge in [0.15, 0.2) is 17.7 Å². The van der Waals surface area contributed by atoms with Gasteiger partial charge in [0.25, 0.3) is 0 Å². The highest BCUT2D eigenvalue weighted by molar-refractivity contribution is 14.1. The Morgan fingerprint density at radius 2 is 1.73 bits per heavy atom. The van der Waals surface area contributed by atoms with Crippen molar-refractivity contribution >= 4 is 53.2 Å². The van der Waals surface area contributed by atoms with Gasteiger partial charge in [-0.2, -0.15) is 5.10 Å². The SMILES string of the molecule is CCC[C@@](I)(N[S@+]([O-])C(C)(C)C)c1cccc(-c2cc(OC)c3cnn(-c4cccc(CO[Si](C)(C)C(C)(C)C)n4)c3c2)n1. The maximum Gasteiger partial charge on any atom is 0.192 e. The molecule has 3 aromatic heterocycles. The van der Waals surface area contributed by atoms with E-state index in [0.29, 0.717) is 18.2 Å². The molecule has 8 nitrogen and oxygen atoms in total. The van der Waals surface area contributed by atoms with Crippen molar-refractivity contribution in [2.24, 2.45) is 0 Å². The van der Waals surface area contributed by atoms with Crippen LogP contribution >= 0.6 is 22.6 Å². The molecule has 44 heavy (non-hydrogen) atoms. The molecule has 4 aromatic rings. The fraction of sp³-hybridized carbons (Fsp3) is 0.485. The molecule has 0 fully saturated rings. The molecule has 238 valence electrons. The molecule has 2 atom stereocenters. The summed E-state index contributed by atoms with van der Waals surface area (Å²) in [4.78, 5) is 10.0. The Kier molecular flexibility index (Phi) is 10.6. The van der Waals surface area contributed by atoms with E-state index in [0.717, 1.165) is 46.4 Å². The standard InChI is InChI=1S/C33H46IN5O3SSi/c1-11-18-33(34,38-43(40)31(2,3)4)29-16-13-15-26(37-29)23-19-27-25(28(20-23)41-8)21-35-39(27)30-17-12-14-24(36-30)22-42-44(9,10)32(5,6)7/h12-17,19-21,38H,11,18,22H2,1-10H3/t33-,43-/m1/s1. The molecule has 0 amide bonds. The second-order valence-corrected chi connectivity index (χ2v) is 22.3. The van der Waals surface area contributed by atoms with Crippen molar-refractivity contribution in [1.82, 2.24) is 24.5 Å². The first-order chi connectivity index (χ1) is 20.5. The summed E-state index contributed by atoms with van der Waals surface area (Å²) in [5.74, 6) is 1.41. The van der Waals surface area contributed by atoms with Gasteiger partial charge in [0.1, 0.15) is 10.5 Å². The second kappa shape index (κ2) is 13.4. The van der Waals surface area contributed by atoms with E-state index in [1.165, 1.54) is 0 Å². The van der Waals surface area contributed by atoms with Crippen molar-refractivity contribution < 1.29 is 13.7 Å². The Bertz CT molecular complexity index is 1600. The third kappa shape index (κ3) is 7.67. The molecule has 0 aliphatic rings. The Morgan fingerprint density at radius 3 is 2.36 bits per heavy atom. The third-order valence-corrected chi connectivity index (χ3v) is 16.0. The highest BCUT2D eigenvalue weighted by atomic mass is 127. The molecule has 0 saturated heterocycles. The van der Waals surface area contributed by atoms with Crippen LogP contribution in [0, 0.1) is 0 Å². The van der Waals surface area contributed by atoms with Crippen molar-refractivity contribution in [3.8, 4) is 22.8 Å². The van der Waals surface area contributed by atoms with E-state index >= 15 is 0 Å². The highest BCUT2D eigenvalue weighted by Crippen LogP contribution is 2.39. The number of hydrogen-bond acceptors (Lipinski definition) is 7. The Morgan fingerprint density at radius 1 is 1.02 bits per heavy atom. The quantitative estimate of drug-likeness (QED) is 0.0541. The van der Waals surface area contributed by atoms with Crippen molar-refractivity contribution in [1.29, 1.82) is 0 Å². The van der Waals surface area contributed by atoms with Crippen LogP contribution in [0.15, 0.2) is 54.7 Å². The fourth-order valence-electron chi connectivity index (χ4n) is 4.42. The van der Waals surface area contributed by atoms with Crippen LogP contribution in [-0.2, 0) is 25.9 Å². The molecule has 1 N–H and O–H groups in total. The van der Waals surface area contributed by atoms with Gasteiger partial charge in [-0.15, -0.1) is 4.72 Å². The number of hydrogen-bond donors (Lipinski definition) is 1. The summed E-state index contributed by atoms with van der Waals surface area (Å²) in [7, 11) is -0.256. The molecule has 0 aliphatic carbocycles. The van der Waals surface area contributed by atoms with E-state index in [9.17, 15) is 4.55 Å². The van der Waals surface area contributed by atoms with E-state index in [-0.39, 0.29) is 5.04 Å². The number of alkyl halides is 1. The summed E-state index contributed by atoms with van der Waals surface area (Å²) in [5.41, 5.74) is 4.24. The van der Waals surface area contributed by atoms with Gasteiger partial charge >= 0.3 is 0 Å². The van der Waals surface area contributed by atoms with Crippen molar-refractivity contribution in [2.45, 2.75) is 94.3 Å². The van der Waals surface area contributed by atoms with Crippen LogP contribution in [0.25, 0.3) is 28.0 Å². The zero-order valence-electron chi connectivity index (χ0n) is 27.6. The number of nitrogens with zero attached hydrogens (tertiary/aromatic N) is 4. The Balaban J connectivity index is 1.74. The Hall–Kier alpha value is -2.03. The average Bonchev–Trinajstić information content (AvgIpc) is 3.39. The number of rotatable bonds is 11. The molecule has 0 unspecified atom stereocenters. The molecule has 4 rings (SSSR count). The van der Waals surface area contributed by atoms with Crippen LogP contribution in [0.4, 0.5) is 0 Å². The fourth-order valence-corrected chi connectivity index (χ4v) is 7.61. The van der Waals surface area contributed by atoms with Gasteiger partial charge in [-0.05, 0) is 104 Å². The zero-order chi connectivity index (χ0) is 32.5. The van der Waals surface area contributed by atoms with Gasteiger partial charge in [-0.25, -0.2) is 14.6 Å². The molecule has 0 aliphatic heterocycles. The maximum atomic E-state index is 13.1. The minimum Gasteiger partial charge on any atom is -0.598 e. The lowest BCUT2D eigenvalue weighted by molar-refractivity contribution is 0.272. The second-order valence-electron chi connectivity index (χ2n) is 13.6. The average molecular weight is 748 g/mol. The molecule has 0 saturated carbocycles. The van der Waals surface area contributed by atoms with Crippen molar-refractivity contribution in [2.75, 3.05) is 7.11 Å². The normalized spacial score (nSPS) is 14.9. The third-order valence-electron chi connectivity index (χ3n) is 8.12. The van der Waals surface area contributed by atoms with Gasteiger partial charge in [-0.3, -0.25) is 0 Å². The number of halogens is 1. The lowest BCUT2D eigenvalue weighted by Crippen LogP contribution is -2.48. The number of nitrogens with one attached hydrogen (secondary N) is 1. The summed E-state index contributed by atoms with van der Waals surface area (Å²) in [5, 5.41) is 5.71. The zero-order valence-corrected chi connectivity index (χ0v) is 31.6. The molecule has 0 radical (unpaired) electrons. The van der Waals surface area contributed by atoms with Crippen LogP contribution in [0.1, 0.15) is 72.7 Å². The largest absolute Gasteiger partial charge is 0.598 e. The highest BCUT2D eigenvalue weighted by Gasteiger charge is 2.39. The topological polar surface area (TPSA) is 97.1 Å². The van der Waals surface area contributed by atoms with Crippen LogP contribution < -0.4 is 9.46 Å². The molecule has 11 heteroatoms. The number of ether oxygens (including phenoxy) is 1. The van der Waals surface area contributed by atoms with Crippen LogP contribution in [0.2, 0.25) is 18.1 Å². The molecule has 1 aromatic carbocycles. The van der Waals surface area contributed by atoms with Crippen molar-refractivity contribution in [3.05, 3.63) is 66.1 Å². The summed E-state index contributed by atoms with van der Waals surface area (Å²) in [6, 6.07) is 16.0. The lowest BCUT2D eigenvalue weighted by atomic mass is 10.1. The predicted octanol–water partition coefficient (Wildman–Crippen LogP) is 8.45. The summed E-state index contributed by atoms with van der Waals surface area (Å²) >= 11 is 1.11. The van der Waals surface area contributed by atoms with Gasteiger partial charge in [0.05, 0.1) is 47.9 Å². The minimum atomic E-state index is -1.92. The van der Waals surface area contributed by atoms with Crippen molar-refractivity contribution in [3.63, 3.8) is 0 Å². The van der Waals surface area contributed by atoms with Gasteiger partial charge in [0.2, 0.25) is 0 Å². The maximum absolute atomic E-state index is 13.1. The van der Waals surface area contributed by atoms with E-state index < -0.39 is 28.0 Å². The van der Waals surface area contributed by atoms with E-state index in [4.69, 9.17) is 24.2 Å². The van der Waals surface area contributed by atoms with Crippen LogP contribution in [0.5, 0.6) is 5.75 Å². The summed E-state index contributed by atoms with van der Waals surface area (Å²) < 4.78 is 29.6. The smallest absolute Gasteiger partial charge is 0.192 e.